The van der Waals surface area contributed by atoms with Crippen LogP contribution in [0, 0.1) is 0 Å². The van der Waals surface area contributed by atoms with Crippen molar-refractivity contribution in [3.05, 3.63) is 59.7 Å². The molecule has 0 heterocycles. The maximum Gasteiger partial charge on any atom is 0.150 e. The van der Waals surface area contributed by atoms with Crippen molar-refractivity contribution < 1.29 is 4.79 Å². The van der Waals surface area contributed by atoms with E-state index in [0.29, 0.717) is 0 Å². The molecule has 0 N–H and O–H groups in total. The van der Waals surface area contributed by atoms with E-state index in [1.165, 1.54) is 15.4 Å². The van der Waals surface area contributed by atoms with E-state index in [0.717, 1.165) is 18.3 Å². The molecule has 0 aliphatic heterocycles. The van der Waals surface area contributed by atoms with Crippen LogP contribution in [-0.4, -0.2) is 6.29 Å². The largest absolute Gasteiger partial charge is 0.298 e. The van der Waals surface area contributed by atoms with Crippen molar-refractivity contribution in [2.24, 2.45) is 0 Å². The molecule has 0 fully saturated rings. The Hall–Kier alpha value is -1.54. The summed E-state index contributed by atoms with van der Waals surface area (Å²) in [6, 6.07) is 16.1. The summed E-state index contributed by atoms with van der Waals surface area (Å²) in [5.41, 5.74) is 1.97. The smallest absolute Gasteiger partial charge is 0.150 e. The van der Waals surface area contributed by atoms with Gasteiger partial charge in [0.2, 0.25) is 0 Å². The van der Waals surface area contributed by atoms with Gasteiger partial charge < -0.3 is 0 Å². The molecule has 86 valence electrons. The Morgan fingerprint density at radius 1 is 1.12 bits per heavy atom. The van der Waals surface area contributed by atoms with Crippen molar-refractivity contribution in [2.45, 2.75) is 23.1 Å². The molecule has 0 aliphatic carbocycles. The Morgan fingerprint density at radius 3 is 2.53 bits per heavy atom. The van der Waals surface area contributed by atoms with Crippen molar-refractivity contribution in [1.29, 1.82) is 0 Å². The zero-order chi connectivity index (χ0) is 12.1. The molecule has 17 heavy (non-hydrogen) atoms. The highest BCUT2D eigenvalue weighted by molar-refractivity contribution is 7.99. The lowest BCUT2D eigenvalue weighted by Crippen LogP contribution is -1.89. The molecule has 0 aromatic heterocycles. The van der Waals surface area contributed by atoms with E-state index >= 15 is 0 Å². The molecular formula is C15H14OS. The van der Waals surface area contributed by atoms with Crippen molar-refractivity contribution in [3.63, 3.8) is 0 Å². The lowest BCUT2D eigenvalue weighted by Gasteiger charge is -2.08. The zero-order valence-corrected chi connectivity index (χ0v) is 10.5. The minimum Gasteiger partial charge on any atom is -0.298 e. The van der Waals surface area contributed by atoms with E-state index < -0.39 is 0 Å². The van der Waals surface area contributed by atoms with Gasteiger partial charge in [0.05, 0.1) is 0 Å². The molecule has 2 aromatic rings. The SMILES string of the molecule is CCc1cc(C=O)ccc1Sc1ccccc1. The first kappa shape index (κ1) is 11.9. The van der Waals surface area contributed by atoms with E-state index in [1.807, 2.05) is 36.4 Å². The van der Waals surface area contributed by atoms with E-state index in [2.05, 4.69) is 19.1 Å². The average Bonchev–Trinajstić information content (AvgIpc) is 2.40. The second-order valence-electron chi connectivity index (χ2n) is 3.75. The lowest BCUT2D eigenvalue weighted by molar-refractivity contribution is 0.112. The number of carbonyl (C=O) groups excluding carboxylic acids is 1. The molecule has 0 radical (unpaired) electrons. The first-order valence-electron chi connectivity index (χ1n) is 5.64. The topological polar surface area (TPSA) is 17.1 Å². The number of hydrogen-bond acceptors (Lipinski definition) is 2. The Balaban J connectivity index is 2.29. The fourth-order valence-electron chi connectivity index (χ4n) is 1.66. The molecular weight excluding hydrogens is 228 g/mol. The number of aryl methyl sites for hydroxylation is 1. The van der Waals surface area contributed by atoms with Crippen LogP contribution in [0.15, 0.2) is 58.3 Å². The molecule has 2 heteroatoms. The fourth-order valence-corrected chi connectivity index (χ4v) is 2.68. The van der Waals surface area contributed by atoms with Crippen LogP contribution in [0.4, 0.5) is 0 Å². The Labute approximate surface area is 106 Å². The second kappa shape index (κ2) is 5.69. The lowest BCUT2D eigenvalue weighted by atomic mass is 10.1. The highest BCUT2D eigenvalue weighted by Gasteiger charge is 2.04. The van der Waals surface area contributed by atoms with Crippen LogP contribution >= 0.6 is 11.8 Å². The average molecular weight is 242 g/mol. The summed E-state index contributed by atoms with van der Waals surface area (Å²) in [6.07, 6.45) is 1.84. The summed E-state index contributed by atoms with van der Waals surface area (Å²) in [6.45, 7) is 2.11. The molecule has 0 unspecified atom stereocenters. The van der Waals surface area contributed by atoms with Crippen LogP contribution < -0.4 is 0 Å². The number of carbonyl (C=O) groups is 1. The molecule has 0 aliphatic rings. The highest BCUT2D eigenvalue weighted by Crippen LogP contribution is 2.30. The van der Waals surface area contributed by atoms with E-state index in [4.69, 9.17) is 0 Å². The molecule has 0 saturated carbocycles. The van der Waals surface area contributed by atoms with Gasteiger partial charge >= 0.3 is 0 Å². The molecule has 2 aromatic carbocycles. The van der Waals surface area contributed by atoms with Gasteiger partial charge in [-0.1, -0.05) is 43.0 Å². The van der Waals surface area contributed by atoms with Gasteiger partial charge in [-0.2, -0.15) is 0 Å². The highest BCUT2D eigenvalue weighted by atomic mass is 32.2. The number of hydrogen-bond donors (Lipinski definition) is 0. The van der Waals surface area contributed by atoms with Crippen LogP contribution in [0.1, 0.15) is 22.8 Å². The summed E-state index contributed by atoms with van der Waals surface area (Å²) >= 11 is 1.74. The molecule has 0 atom stereocenters. The molecule has 0 spiro atoms. The van der Waals surface area contributed by atoms with Gasteiger partial charge in [-0.25, -0.2) is 0 Å². The van der Waals surface area contributed by atoms with Crippen molar-refractivity contribution in [2.75, 3.05) is 0 Å². The van der Waals surface area contributed by atoms with Crippen LogP contribution in [0.3, 0.4) is 0 Å². The normalized spacial score (nSPS) is 10.2. The van der Waals surface area contributed by atoms with E-state index in [1.54, 1.807) is 11.8 Å². The third-order valence-corrected chi connectivity index (χ3v) is 3.70. The maximum absolute atomic E-state index is 10.7. The number of benzene rings is 2. The number of aldehydes is 1. The summed E-state index contributed by atoms with van der Waals surface area (Å²) in [4.78, 5) is 13.2. The van der Waals surface area contributed by atoms with Crippen molar-refractivity contribution in [3.8, 4) is 0 Å². The first-order chi connectivity index (χ1) is 8.33. The Bertz CT molecular complexity index is 506. The summed E-state index contributed by atoms with van der Waals surface area (Å²) in [7, 11) is 0. The summed E-state index contributed by atoms with van der Waals surface area (Å²) < 4.78 is 0. The van der Waals surface area contributed by atoms with Crippen LogP contribution in [0.25, 0.3) is 0 Å². The fraction of sp³-hybridized carbons (Fsp3) is 0.133. The minimum atomic E-state index is 0.749. The molecule has 2 rings (SSSR count). The predicted molar refractivity (Wildman–Crippen MR) is 71.8 cm³/mol. The van der Waals surface area contributed by atoms with Gasteiger partial charge in [0.25, 0.3) is 0 Å². The third-order valence-electron chi connectivity index (χ3n) is 2.57. The zero-order valence-electron chi connectivity index (χ0n) is 9.72. The van der Waals surface area contributed by atoms with E-state index in [9.17, 15) is 4.79 Å². The van der Waals surface area contributed by atoms with E-state index in [-0.39, 0.29) is 0 Å². The standard InChI is InChI=1S/C15H14OS/c1-2-13-10-12(11-16)8-9-15(13)17-14-6-4-3-5-7-14/h3-11H,2H2,1H3. The van der Waals surface area contributed by atoms with Crippen molar-refractivity contribution in [1.82, 2.24) is 0 Å². The third kappa shape index (κ3) is 2.98. The maximum atomic E-state index is 10.7. The van der Waals surface area contributed by atoms with Gasteiger partial charge in [-0.15, -0.1) is 0 Å². The van der Waals surface area contributed by atoms with Crippen LogP contribution in [0.5, 0.6) is 0 Å². The summed E-state index contributed by atoms with van der Waals surface area (Å²) in [5.74, 6) is 0. The second-order valence-corrected chi connectivity index (χ2v) is 4.87. The van der Waals surface area contributed by atoms with Crippen LogP contribution in [-0.2, 0) is 6.42 Å². The van der Waals surface area contributed by atoms with Gasteiger partial charge in [0.15, 0.2) is 0 Å². The summed E-state index contributed by atoms with van der Waals surface area (Å²) in [5, 5.41) is 0. The van der Waals surface area contributed by atoms with Crippen LogP contribution in [0.2, 0.25) is 0 Å². The molecule has 0 bridgehead atoms. The molecule has 0 saturated heterocycles. The van der Waals surface area contributed by atoms with Gasteiger partial charge in [0, 0.05) is 15.4 Å². The molecule has 1 nitrogen and oxygen atoms in total. The monoisotopic (exact) mass is 242 g/mol. The van der Waals surface area contributed by atoms with Gasteiger partial charge in [-0.3, -0.25) is 4.79 Å². The quantitative estimate of drug-likeness (QED) is 0.747. The van der Waals surface area contributed by atoms with Gasteiger partial charge in [-0.05, 0) is 36.2 Å². The molecule has 0 amide bonds. The van der Waals surface area contributed by atoms with Crippen molar-refractivity contribution >= 4 is 18.0 Å². The number of rotatable bonds is 4. The minimum absolute atomic E-state index is 0.749. The van der Waals surface area contributed by atoms with Gasteiger partial charge in [0.1, 0.15) is 6.29 Å². The Morgan fingerprint density at radius 2 is 1.88 bits per heavy atom. The first-order valence-corrected chi connectivity index (χ1v) is 6.46. The predicted octanol–water partition coefficient (Wildman–Crippen LogP) is 4.21. The Kier molecular flexibility index (Phi) is 3.99.